The molecule has 4 rings (SSSR count). The fourth-order valence-electron chi connectivity index (χ4n) is 4.60. The molecule has 2 heterocycles. The van der Waals surface area contributed by atoms with E-state index in [0.717, 1.165) is 42.5 Å². The van der Waals surface area contributed by atoms with Gasteiger partial charge in [0, 0.05) is 55.5 Å². The summed E-state index contributed by atoms with van der Waals surface area (Å²) in [7, 11) is 1.51. The molecule has 0 saturated carbocycles. The summed E-state index contributed by atoms with van der Waals surface area (Å²) in [5.74, 6) is 0.0915. The highest BCUT2D eigenvalue weighted by atomic mass is 79.9. The lowest BCUT2D eigenvalue weighted by molar-refractivity contribution is -0.384. The molecule has 0 aliphatic carbocycles. The summed E-state index contributed by atoms with van der Waals surface area (Å²) in [6.45, 7) is 4.28. The Hall–Kier alpha value is -2.44. The van der Waals surface area contributed by atoms with Crippen molar-refractivity contribution < 1.29 is 14.5 Å². The number of halogens is 2. The average molecular weight is 641 g/mol. The number of amides is 1. The first-order chi connectivity index (χ1) is 17.3. The predicted molar refractivity (Wildman–Crippen MR) is 151 cm³/mol. The summed E-state index contributed by atoms with van der Waals surface area (Å²) >= 11 is 12.4. The van der Waals surface area contributed by atoms with Crippen molar-refractivity contribution in [2.24, 2.45) is 0 Å². The minimum atomic E-state index is -0.345. The van der Waals surface area contributed by atoms with Gasteiger partial charge in [0.15, 0.2) is 5.11 Å². The second kappa shape index (κ2) is 11.7. The van der Waals surface area contributed by atoms with Crippen molar-refractivity contribution in [3.8, 4) is 5.75 Å². The van der Waals surface area contributed by atoms with Gasteiger partial charge in [0.2, 0.25) is 0 Å². The smallest absolute Gasteiger partial charge is 0.292 e. The maximum atomic E-state index is 12.9. The van der Waals surface area contributed by atoms with Crippen LogP contribution in [0.5, 0.6) is 5.75 Å². The number of piperidine rings is 1. The number of carbonyl (C=O) groups excluding carboxylic acids is 1. The summed E-state index contributed by atoms with van der Waals surface area (Å²) < 4.78 is 6.79. The number of rotatable bonds is 5. The zero-order valence-electron chi connectivity index (χ0n) is 19.8. The summed E-state index contributed by atoms with van der Waals surface area (Å²) in [4.78, 5) is 30.5. The number of piperazine rings is 1. The fourth-order valence-corrected chi connectivity index (χ4v) is 6.26. The molecule has 0 atom stereocenters. The Bertz CT molecular complexity index is 1170. The first kappa shape index (κ1) is 26.6. The third-order valence-electron chi connectivity index (χ3n) is 6.46. The number of methoxy groups -OCH3 is 1. The highest BCUT2D eigenvalue weighted by Crippen LogP contribution is 2.35. The van der Waals surface area contributed by atoms with Crippen molar-refractivity contribution in [1.82, 2.24) is 10.2 Å². The Morgan fingerprint density at radius 2 is 1.72 bits per heavy atom. The van der Waals surface area contributed by atoms with Crippen molar-refractivity contribution in [2.45, 2.75) is 19.3 Å². The molecular weight excluding hydrogens is 614 g/mol. The molecule has 36 heavy (non-hydrogen) atoms. The summed E-state index contributed by atoms with van der Waals surface area (Å²) in [6.07, 6.45) is 3.26. The standard InChI is InChI=1S/C24H27Br2N5O4S/c1-35-22-18(13-16(25)14-19(22)26)23(32)27-24(36)30-11-9-28(10-12-30)17-5-6-20(31(33)34)21(15-17)29-7-3-2-4-8-29/h5-6,13-15H,2-4,7-12H2,1H3,(H,27,32,36). The number of ether oxygens (including phenoxy) is 1. The van der Waals surface area contributed by atoms with Gasteiger partial charge in [0.1, 0.15) is 11.4 Å². The number of nitrogens with one attached hydrogen (secondary N) is 1. The Labute approximate surface area is 232 Å². The molecule has 0 radical (unpaired) electrons. The predicted octanol–water partition coefficient (Wildman–Crippen LogP) is 4.96. The Morgan fingerprint density at radius 1 is 1.03 bits per heavy atom. The van der Waals surface area contributed by atoms with E-state index < -0.39 is 0 Å². The van der Waals surface area contributed by atoms with Gasteiger partial charge in [-0.3, -0.25) is 20.2 Å². The van der Waals surface area contributed by atoms with Crippen molar-refractivity contribution in [3.05, 3.63) is 55.0 Å². The monoisotopic (exact) mass is 639 g/mol. The normalized spacial score (nSPS) is 16.0. The van der Waals surface area contributed by atoms with Crippen LogP contribution in [0.2, 0.25) is 0 Å². The van der Waals surface area contributed by atoms with Gasteiger partial charge >= 0.3 is 0 Å². The van der Waals surface area contributed by atoms with Gasteiger partial charge < -0.3 is 19.4 Å². The van der Waals surface area contributed by atoms with Crippen LogP contribution in [0, 0.1) is 10.1 Å². The Balaban J connectivity index is 1.41. The minimum absolute atomic E-state index is 0.151. The van der Waals surface area contributed by atoms with Crippen LogP contribution in [-0.2, 0) is 0 Å². The topological polar surface area (TPSA) is 91.2 Å². The van der Waals surface area contributed by atoms with Gasteiger partial charge in [-0.15, -0.1) is 0 Å². The van der Waals surface area contributed by atoms with E-state index in [1.54, 1.807) is 12.1 Å². The highest BCUT2D eigenvalue weighted by Gasteiger charge is 2.26. The lowest BCUT2D eigenvalue weighted by atomic mass is 10.1. The lowest BCUT2D eigenvalue weighted by Gasteiger charge is -2.37. The zero-order valence-corrected chi connectivity index (χ0v) is 23.8. The molecule has 1 N–H and O–H groups in total. The summed E-state index contributed by atoms with van der Waals surface area (Å²) in [6, 6.07) is 8.87. The molecule has 9 nitrogen and oxygen atoms in total. The number of nitrogens with zero attached hydrogens (tertiary/aromatic N) is 4. The lowest BCUT2D eigenvalue weighted by Crippen LogP contribution is -2.52. The maximum Gasteiger partial charge on any atom is 0.292 e. The molecule has 2 saturated heterocycles. The van der Waals surface area contributed by atoms with Gasteiger partial charge in [-0.1, -0.05) is 15.9 Å². The second-order valence-electron chi connectivity index (χ2n) is 8.68. The van der Waals surface area contributed by atoms with Crippen molar-refractivity contribution >= 4 is 72.2 Å². The molecule has 2 aliphatic heterocycles. The first-order valence-electron chi connectivity index (χ1n) is 11.7. The van der Waals surface area contributed by atoms with Crippen LogP contribution in [0.1, 0.15) is 29.6 Å². The van der Waals surface area contributed by atoms with Gasteiger partial charge in [0.25, 0.3) is 11.6 Å². The van der Waals surface area contributed by atoms with Gasteiger partial charge in [-0.05, 0) is 71.7 Å². The van der Waals surface area contributed by atoms with Gasteiger partial charge in [-0.2, -0.15) is 0 Å². The van der Waals surface area contributed by atoms with E-state index in [1.165, 1.54) is 7.11 Å². The second-order valence-corrected chi connectivity index (χ2v) is 10.8. The SMILES string of the molecule is COc1c(Br)cc(Br)cc1C(=O)NC(=S)N1CCN(c2ccc([N+](=O)[O-])c(N3CCCCC3)c2)CC1. The molecule has 192 valence electrons. The van der Waals surface area contributed by atoms with Crippen LogP contribution < -0.4 is 19.9 Å². The number of carbonyl (C=O) groups is 1. The van der Waals surface area contributed by atoms with Crippen LogP contribution in [0.25, 0.3) is 0 Å². The van der Waals surface area contributed by atoms with Gasteiger partial charge in [0.05, 0.1) is 22.1 Å². The van der Waals surface area contributed by atoms with E-state index in [9.17, 15) is 14.9 Å². The van der Waals surface area contributed by atoms with E-state index in [2.05, 4.69) is 47.0 Å². The van der Waals surface area contributed by atoms with Crippen LogP contribution in [0.3, 0.4) is 0 Å². The third kappa shape index (κ3) is 5.92. The highest BCUT2D eigenvalue weighted by molar-refractivity contribution is 9.11. The quantitative estimate of drug-likeness (QED) is 0.279. The van der Waals surface area contributed by atoms with E-state index in [0.29, 0.717) is 52.8 Å². The Kier molecular flexibility index (Phi) is 8.68. The van der Waals surface area contributed by atoms with Crippen LogP contribution in [-0.4, -0.2) is 67.2 Å². The number of benzene rings is 2. The van der Waals surface area contributed by atoms with E-state index in [4.69, 9.17) is 17.0 Å². The summed E-state index contributed by atoms with van der Waals surface area (Å²) in [5.41, 5.74) is 2.17. The van der Waals surface area contributed by atoms with E-state index >= 15 is 0 Å². The molecule has 2 aliphatic rings. The van der Waals surface area contributed by atoms with Crippen LogP contribution >= 0.6 is 44.1 Å². The van der Waals surface area contributed by atoms with Crippen molar-refractivity contribution in [3.63, 3.8) is 0 Å². The van der Waals surface area contributed by atoms with E-state index in [1.807, 2.05) is 23.1 Å². The molecule has 2 aromatic carbocycles. The Morgan fingerprint density at radius 3 is 2.36 bits per heavy atom. The number of hydrogen-bond acceptors (Lipinski definition) is 7. The average Bonchev–Trinajstić information content (AvgIpc) is 2.88. The molecular formula is C24H27Br2N5O4S. The number of nitro groups is 1. The number of nitro benzene ring substituents is 1. The molecule has 0 bridgehead atoms. The third-order valence-corrected chi connectivity index (χ3v) is 7.87. The largest absolute Gasteiger partial charge is 0.495 e. The number of thiocarbonyl (C=S) groups is 1. The van der Waals surface area contributed by atoms with Crippen LogP contribution in [0.15, 0.2) is 39.3 Å². The number of anilines is 2. The van der Waals surface area contributed by atoms with Crippen LogP contribution in [0.4, 0.5) is 17.1 Å². The number of hydrogen-bond donors (Lipinski definition) is 1. The fraction of sp³-hybridized carbons (Fsp3) is 0.417. The first-order valence-corrected chi connectivity index (χ1v) is 13.7. The summed E-state index contributed by atoms with van der Waals surface area (Å²) in [5, 5.41) is 14.8. The van der Waals surface area contributed by atoms with Crippen molar-refractivity contribution in [2.75, 3.05) is 56.2 Å². The molecule has 2 aromatic rings. The van der Waals surface area contributed by atoms with Crippen molar-refractivity contribution in [1.29, 1.82) is 0 Å². The molecule has 0 spiro atoms. The molecule has 0 unspecified atom stereocenters. The minimum Gasteiger partial charge on any atom is -0.495 e. The van der Waals surface area contributed by atoms with E-state index in [-0.39, 0.29) is 16.5 Å². The molecule has 12 heteroatoms. The van der Waals surface area contributed by atoms with Gasteiger partial charge in [-0.25, -0.2) is 0 Å². The molecule has 2 fully saturated rings. The molecule has 1 amide bonds. The molecule has 0 aromatic heterocycles. The maximum absolute atomic E-state index is 12.9. The zero-order chi connectivity index (χ0) is 25.8.